The summed E-state index contributed by atoms with van der Waals surface area (Å²) in [7, 11) is 0. The molecular weight excluding hydrogens is 236 g/mol. The van der Waals surface area contributed by atoms with Crippen LogP contribution in [0.1, 0.15) is 30.7 Å². The Morgan fingerprint density at radius 2 is 2.22 bits per heavy atom. The van der Waals surface area contributed by atoms with E-state index in [9.17, 15) is 15.0 Å². The van der Waals surface area contributed by atoms with Gasteiger partial charge in [0, 0.05) is 6.20 Å². The van der Waals surface area contributed by atoms with Crippen molar-refractivity contribution in [1.29, 1.82) is 0 Å². The second kappa shape index (κ2) is 6.32. The van der Waals surface area contributed by atoms with Crippen LogP contribution >= 0.6 is 0 Å². The largest absolute Gasteiger partial charge is 0.466 e. The number of aliphatic hydroxyl groups excluding tert-OH is 2. The first-order valence-electron chi connectivity index (χ1n) is 5.69. The van der Waals surface area contributed by atoms with Crippen LogP contribution in [0.15, 0.2) is 12.3 Å². The predicted octanol–water partition coefficient (Wildman–Crippen LogP) is 0.320. The Balaban J connectivity index is 2.73. The van der Waals surface area contributed by atoms with Gasteiger partial charge in [-0.2, -0.15) is 0 Å². The first-order chi connectivity index (χ1) is 8.45. The van der Waals surface area contributed by atoms with Gasteiger partial charge in [-0.05, 0) is 25.5 Å². The van der Waals surface area contributed by atoms with E-state index in [4.69, 9.17) is 5.73 Å². The molecule has 0 aliphatic carbocycles. The molecule has 1 aromatic rings. The van der Waals surface area contributed by atoms with Gasteiger partial charge < -0.3 is 20.7 Å². The highest BCUT2D eigenvalue weighted by atomic mass is 16.5. The van der Waals surface area contributed by atoms with Crippen molar-refractivity contribution in [2.75, 3.05) is 12.3 Å². The Hall–Kier alpha value is -1.66. The normalized spacial score (nSPS) is 14.0. The molecule has 1 rings (SSSR count). The molecule has 0 saturated carbocycles. The van der Waals surface area contributed by atoms with Crippen LogP contribution in [-0.4, -0.2) is 33.9 Å². The predicted molar refractivity (Wildman–Crippen MR) is 65.6 cm³/mol. The number of anilines is 1. The minimum absolute atomic E-state index is 0.164. The third-order valence-electron chi connectivity index (χ3n) is 2.41. The molecule has 0 aliphatic heterocycles. The van der Waals surface area contributed by atoms with Gasteiger partial charge in [-0.3, -0.25) is 9.78 Å². The van der Waals surface area contributed by atoms with Gasteiger partial charge in [0.25, 0.3) is 0 Å². The number of carbonyl (C=O) groups excluding carboxylic acids is 1. The van der Waals surface area contributed by atoms with Crippen molar-refractivity contribution >= 4 is 11.7 Å². The molecule has 100 valence electrons. The number of rotatable bonds is 5. The molecule has 4 N–H and O–H groups in total. The van der Waals surface area contributed by atoms with Gasteiger partial charge in [0.15, 0.2) is 0 Å². The zero-order valence-electron chi connectivity index (χ0n) is 10.5. The molecule has 0 aromatic carbocycles. The number of hydrogen-bond donors (Lipinski definition) is 3. The lowest BCUT2D eigenvalue weighted by atomic mass is 10.1. The molecule has 1 heterocycles. The van der Waals surface area contributed by atoms with Gasteiger partial charge in [-0.25, -0.2) is 0 Å². The molecule has 18 heavy (non-hydrogen) atoms. The van der Waals surface area contributed by atoms with Gasteiger partial charge in [0.2, 0.25) is 0 Å². The number of ether oxygens (including phenoxy) is 1. The first-order valence-corrected chi connectivity index (χ1v) is 5.69. The Morgan fingerprint density at radius 3 is 2.78 bits per heavy atom. The van der Waals surface area contributed by atoms with E-state index in [0.717, 1.165) is 5.56 Å². The molecule has 0 saturated heterocycles. The molecule has 0 aliphatic rings. The highest BCUT2D eigenvalue weighted by molar-refractivity contribution is 5.70. The van der Waals surface area contributed by atoms with Crippen molar-refractivity contribution in [2.45, 2.75) is 32.5 Å². The Labute approximate surface area is 105 Å². The van der Waals surface area contributed by atoms with Crippen molar-refractivity contribution < 1.29 is 19.7 Å². The number of aryl methyl sites for hydroxylation is 1. The maximum atomic E-state index is 11.2. The molecule has 1 aromatic heterocycles. The van der Waals surface area contributed by atoms with E-state index in [-0.39, 0.29) is 24.4 Å². The number of hydrogen-bond acceptors (Lipinski definition) is 6. The Bertz CT molecular complexity index is 423. The van der Waals surface area contributed by atoms with Crippen molar-refractivity contribution in [3.8, 4) is 0 Å². The maximum Gasteiger partial charge on any atom is 0.308 e. The fourth-order valence-electron chi connectivity index (χ4n) is 1.53. The third kappa shape index (κ3) is 3.68. The monoisotopic (exact) mass is 254 g/mol. The van der Waals surface area contributed by atoms with Crippen LogP contribution in [0, 0.1) is 6.92 Å². The summed E-state index contributed by atoms with van der Waals surface area (Å²) >= 11 is 0. The lowest BCUT2D eigenvalue weighted by molar-refractivity contribution is -0.147. The zero-order chi connectivity index (χ0) is 13.7. The summed E-state index contributed by atoms with van der Waals surface area (Å²) in [5.74, 6) is -0.574. The number of carbonyl (C=O) groups is 1. The molecule has 0 bridgehead atoms. The molecule has 0 radical (unpaired) electrons. The molecule has 2 atom stereocenters. The quantitative estimate of drug-likeness (QED) is 0.653. The van der Waals surface area contributed by atoms with E-state index < -0.39 is 18.2 Å². The number of nitrogens with zero attached hydrogens (tertiary/aromatic N) is 1. The van der Waals surface area contributed by atoms with Gasteiger partial charge >= 0.3 is 5.97 Å². The lowest BCUT2D eigenvalue weighted by Gasteiger charge is -2.18. The fraction of sp³-hybridized carbons (Fsp3) is 0.500. The second-order valence-corrected chi connectivity index (χ2v) is 4.01. The molecule has 0 spiro atoms. The van der Waals surface area contributed by atoms with E-state index in [1.54, 1.807) is 13.0 Å². The van der Waals surface area contributed by atoms with E-state index in [0.29, 0.717) is 0 Å². The summed E-state index contributed by atoms with van der Waals surface area (Å²) in [6.45, 7) is 3.71. The number of aromatic nitrogens is 1. The number of esters is 1. The molecule has 6 nitrogen and oxygen atoms in total. The van der Waals surface area contributed by atoms with Crippen LogP contribution in [0.5, 0.6) is 0 Å². The third-order valence-corrected chi connectivity index (χ3v) is 2.41. The summed E-state index contributed by atoms with van der Waals surface area (Å²) in [4.78, 5) is 15.1. The van der Waals surface area contributed by atoms with Crippen molar-refractivity contribution in [3.63, 3.8) is 0 Å². The van der Waals surface area contributed by atoms with Crippen LogP contribution in [0.4, 0.5) is 5.69 Å². The minimum atomic E-state index is -1.31. The van der Waals surface area contributed by atoms with E-state index in [1.165, 1.54) is 6.20 Å². The number of nitrogen functional groups attached to an aromatic ring is 1. The zero-order valence-corrected chi connectivity index (χ0v) is 10.5. The van der Waals surface area contributed by atoms with Gasteiger partial charge in [-0.1, -0.05) is 0 Å². The molecule has 2 unspecified atom stereocenters. The first kappa shape index (κ1) is 14.4. The lowest BCUT2D eigenvalue weighted by Crippen LogP contribution is -2.24. The van der Waals surface area contributed by atoms with Crippen molar-refractivity contribution in [2.24, 2.45) is 0 Å². The molecule has 6 heteroatoms. The van der Waals surface area contributed by atoms with Crippen LogP contribution < -0.4 is 5.73 Å². The molecular formula is C12H18N2O4. The number of pyridine rings is 1. The Kier molecular flexibility index (Phi) is 5.06. The summed E-state index contributed by atoms with van der Waals surface area (Å²) < 4.78 is 4.69. The van der Waals surface area contributed by atoms with Crippen LogP contribution in [0.2, 0.25) is 0 Å². The van der Waals surface area contributed by atoms with Crippen molar-refractivity contribution in [3.05, 3.63) is 23.5 Å². The smallest absolute Gasteiger partial charge is 0.308 e. The average Bonchev–Trinajstić information content (AvgIpc) is 2.28. The topological polar surface area (TPSA) is 106 Å². The summed E-state index contributed by atoms with van der Waals surface area (Å²) in [5, 5.41) is 19.6. The summed E-state index contributed by atoms with van der Waals surface area (Å²) in [6.07, 6.45) is -1.37. The van der Waals surface area contributed by atoms with Crippen LogP contribution in [0.3, 0.4) is 0 Å². The maximum absolute atomic E-state index is 11.2. The average molecular weight is 254 g/mol. The highest BCUT2D eigenvalue weighted by Crippen LogP contribution is 2.23. The van der Waals surface area contributed by atoms with E-state index in [2.05, 4.69) is 9.72 Å². The number of aliphatic hydroxyl groups is 2. The minimum Gasteiger partial charge on any atom is -0.466 e. The second-order valence-electron chi connectivity index (χ2n) is 4.01. The SMILES string of the molecule is CCOC(=O)CC(O)C(O)c1ncc(C)cc1N. The highest BCUT2D eigenvalue weighted by Gasteiger charge is 2.24. The van der Waals surface area contributed by atoms with E-state index in [1.807, 2.05) is 6.92 Å². The van der Waals surface area contributed by atoms with Gasteiger partial charge in [-0.15, -0.1) is 0 Å². The van der Waals surface area contributed by atoms with Crippen LogP contribution in [0.25, 0.3) is 0 Å². The van der Waals surface area contributed by atoms with E-state index >= 15 is 0 Å². The van der Waals surface area contributed by atoms with Crippen molar-refractivity contribution in [1.82, 2.24) is 4.98 Å². The summed E-state index contributed by atoms with van der Waals surface area (Å²) in [5.41, 5.74) is 7.00. The van der Waals surface area contributed by atoms with Gasteiger partial charge in [0.05, 0.1) is 30.5 Å². The van der Waals surface area contributed by atoms with Crippen LogP contribution in [-0.2, 0) is 9.53 Å². The molecule has 0 fully saturated rings. The van der Waals surface area contributed by atoms with Gasteiger partial charge in [0.1, 0.15) is 6.10 Å². The standard InChI is InChI=1S/C12H18N2O4/c1-3-18-10(16)5-9(15)12(17)11-8(13)4-7(2)6-14-11/h4,6,9,12,15,17H,3,5,13H2,1-2H3. The molecule has 0 amide bonds. The number of nitrogens with two attached hydrogens (primary N) is 1. The summed E-state index contributed by atoms with van der Waals surface area (Å²) in [6, 6.07) is 1.64. The fourth-order valence-corrected chi connectivity index (χ4v) is 1.53. The Morgan fingerprint density at radius 1 is 1.56 bits per heavy atom.